The van der Waals surface area contributed by atoms with Gasteiger partial charge in [-0.15, -0.1) is 0 Å². The molecule has 5 rings (SSSR count). The predicted molar refractivity (Wildman–Crippen MR) is 109 cm³/mol. The molecule has 2 N–H and O–H groups in total. The van der Waals surface area contributed by atoms with Crippen LogP contribution in [0.5, 0.6) is 5.75 Å². The number of halogens is 1. The number of nitrogens with two attached hydrogens (primary N) is 1. The van der Waals surface area contributed by atoms with Crippen LogP contribution >= 0.6 is 0 Å². The summed E-state index contributed by atoms with van der Waals surface area (Å²) < 4.78 is 23.2. The number of aryl methyl sites for hydroxylation is 2. The third-order valence-corrected chi connectivity index (χ3v) is 5.34. The fraction of sp³-hybridized carbons (Fsp3) is 0.227. The molecule has 2 aromatic carbocycles. The summed E-state index contributed by atoms with van der Waals surface area (Å²) in [5.74, 6) is 1.43. The number of benzene rings is 2. The van der Waals surface area contributed by atoms with Gasteiger partial charge in [0.25, 0.3) is 0 Å². The summed E-state index contributed by atoms with van der Waals surface area (Å²) in [7, 11) is 0. The van der Waals surface area contributed by atoms with Crippen LogP contribution in [0.15, 0.2) is 48.7 Å². The van der Waals surface area contributed by atoms with Gasteiger partial charge < -0.3 is 15.0 Å². The van der Waals surface area contributed by atoms with Crippen LogP contribution in [-0.4, -0.2) is 19.5 Å². The first kappa shape index (κ1) is 17.6. The Morgan fingerprint density at radius 2 is 2.07 bits per heavy atom. The maximum Gasteiger partial charge on any atom is 0.220 e. The van der Waals surface area contributed by atoms with E-state index < -0.39 is 5.82 Å². The molecule has 6 nitrogen and oxygen atoms in total. The molecule has 0 saturated heterocycles. The Hall–Kier alpha value is -3.48. The molecule has 7 heteroatoms. The molecule has 0 saturated carbocycles. The zero-order valence-corrected chi connectivity index (χ0v) is 16.0. The molecular weight excluding hydrogens is 369 g/mol. The van der Waals surface area contributed by atoms with Gasteiger partial charge >= 0.3 is 0 Å². The van der Waals surface area contributed by atoms with E-state index in [9.17, 15) is 4.39 Å². The van der Waals surface area contributed by atoms with E-state index in [1.807, 2.05) is 25.1 Å². The number of aromatic nitrogens is 4. The SMILES string of the molecule is CCn1c(C2CCc3ccccc3O2)nc2cc(F)c(-c3ccnc(N)n3)cc21. The molecule has 0 amide bonds. The van der Waals surface area contributed by atoms with E-state index in [4.69, 9.17) is 15.5 Å². The van der Waals surface area contributed by atoms with Crippen molar-refractivity contribution in [3.63, 3.8) is 0 Å². The second kappa shape index (κ2) is 6.84. The van der Waals surface area contributed by atoms with E-state index >= 15 is 0 Å². The highest BCUT2D eigenvalue weighted by Gasteiger charge is 2.26. The lowest BCUT2D eigenvalue weighted by molar-refractivity contribution is 0.163. The van der Waals surface area contributed by atoms with E-state index in [1.165, 1.54) is 17.8 Å². The molecular formula is C22H20FN5O. The van der Waals surface area contributed by atoms with Crippen molar-refractivity contribution in [1.82, 2.24) is 19.5 Å². The molecule has 29 heavy (non-hydrogen) atoms. The van der Waals surface area contributed by atoms with Crippen molar-refractivity contribution in [2.45, 2.75) is 32.4 Å². The molecule has 0 radical (unpaired) electrons. The Kier molecular flexibility index (Phi) is 4.16. The van der Waals surface area contributed by atoms with Crippen LogP contribution in [-0.2, 0) is 13.0 Å². The first-order chi connectivity index (χ1) is 14.1. The minimum Gasteiger partial charge on any atom is -0.482 e. The molecule has 1 aliphatic rings. The third-order valence-electron chi connectivity index (χ3n) is 5.34. The Morgan fingerprint density at radius 3 is 2.90 bits per heavy atom. The Labute approximate surface area is 167 Å². The van der Waals surface area contributed by atoms with Gasteiger partial charge in [0.2, 0.25) is 5.95 Å². The fourth-order valence-corrected chi connectivity index (χ4v) is 3.97. The second-order valence-corrected chi connectivity index (χ2v) is 7.09. The highest BCUT2D eigenvalue weighted by Crippen LogP contribution is 2.36. The quantitative estimate of drug-likeness (QED) is 0.565. The molecule has 0 bridgehead atoms. The number of hydrogen-bond donors (Lipinski definition) is 1. The minimum atomic E-state index is -0.391. The molecule has 2 aromatic heterocycles. The van der Waals surface area contributed by atoms with Gasteiger partial charge in [-0.05, 0) is 43.5 Å². The largest absolute Gasteiger partial charge is 0.482 e. The van der Waals surface area contributed by atoms with Gasteiger partial charge in [-0.1, -0.05) is 18.2 Å². The van der Waals surface area contributed by atoms with Crippen molar-refractivity contribution in [3.05, 3.63) is 65.9 Å². The standard InChI is InChI=1S/C22H20FN5O/c1-2-28-18-11-14(16-9-10-25-22(24)27-16)15(23)12-17(18)26-21(28)20-8-7-13-5-3-4-6-19(13)29-20/h3-6,9-12,20H,2,7-8H2,1H3,(H2,24,25,27). The number of hydrogen-bond acceptors (Lipinski definition) is 5. The van der Waals surface area contributed by atoms with Crippen molar-refractivity contribution >= 4 is 17.0 Å². The maximum absolute atomic E-state index is 14.8. The van der Waals surface area contributed by atoms with E-state index in [-0.39, 0.29) is 12.1 Å². The lowest BCUT2D eigenvalue weighted by Gasteiger charge is -2.26. The van der Waals surface area contributed by atoms with Crippen LogP contribution in [0.3, 0.4) is 0 Å². The Morgan fingerprint density at radius 1 is 1.21 bits per heavy atom. The molecule has 0 spiro atoms. The Bertz CT molecular complexity index is 1220. The van der Waals surface area contributed by atoms with Crippen LogP contribution in [0.4, 0.5) is 10.3 Å². The molecule has 0 fully saturated rings. The van der Waals surface area contributed by atoms with E-state index in [0.717, 1.165) is 29.9 Å². The van der Waals surface area contributed by atoms with Crippen LogP contribution in [0.25, 0.3) is 22.3 Å². The van der Waals surface area contributed by atoms with Crippen LogP contribution in [0, 0.1) is 5.82 Å². The maximum atomic E-state index is 14.8. The van der Waals surface area contributed by atoms with Gasteiger partial charge in [-0.2, -0.15) is 0 Å². The molecule has 1 atom stereocenters. The average Bonchev–Trinajstić information content (AvgIpc) is 3.10. The van der Waals surface area contributed by atoms with Gasteiger partial charge in [0, 0.05) is 24.4 Å². The lowest BCUT2D eigenvalue weighted by atomic mass is 10.0. The molecule has 3 heterocycles. The van der Waals surface area contributed by atoms with Gasteiger partial charge in [0.15, 0.2) is 11.9 Å². The zero-order chi connectivity index (χ0) is 20.0. The molecule has 146 valence electrons. The first-order valence-electron chi connectivity index (χ1n) is 9.67. The molecule has 1 aliphatic heterocycles. The van der Waals surface area contributed by atoms with Gasteiger partial charge in [-0.3, -0.25) is 0 Å². The number of rotatable bonds is 3. The number of nitrogens with zero attached hydrogens (tertiary/aromatic N) is 4. The number of nitrogen functional groups attached to an aromatic ring is 1. The van der Waals surface area contributed by atoms with Gasteiger partial charge in [-0.25, -0.2) is 19.3 Å². The van der Waals surface area contributed by atoms with Gasteiger partial charge in [0.1, 0.15) is 11.6 Å². The summed E-state index contributed by atoms with van der Waals surface area (Å²) in [5.41, 5.74) is 9.16. The molecule has 0 aliphatic carbocycles. The van der Waals surface area contributed by atoms with Crippen LogP contribution < -0.4 is 10.5 Å². The lowest BCUT2D eigenvalue weighted by Crippen LogP contribution is -2.19. The van der Waals surface area contributed by atoms with E-state index in [0.29, 0.717) is 23.3 Å². The van der Waals surface area contributed by atoms with Crippen LogP contribution in [0.2, 0.25) is 0 Å². The van der Waals surface area contributed by atoms with E-state index in [2.05, 4.69) is 20.6 Å². The highest BCUT2D eigenvalue weighted by molar-refractivity contribution is 5.82. The topological polar surface area (TPSA) is 78.8 Å². The van der Waals surface area contributed by atoms with Crippen molar-refractivity contribution in [3.8, 4) is 17.0 Å². The zero-order valence-electron chi connectivity index (χ0n) is 16.0. The number of fused-ring (bicyclic) bond motifs is 2. The summed E-state index contributed by atoms with van der Waals surface area (Å²) >= 11 is 0. The summed E-state index contributed by atoms with van der Waals surface area (Å²) in [5, 5.41) is 0. The molecule has 4 aromatic rings. The number of anilines is 1. The monoisotopic (exact) mass is 389 g/mol. The summed E-state index contributed by atoms with van der Waals surface area (Å²) in [6, 6.07) is 12.9. The minimum absolute atomic E-state index is 0.112. The third kappa shape index (κ3) is 2.99. The number of ether oxygens (including phenoxy) is 1. The second-order valence-electron chi connectivity index (χ2n) is 7.09. The smallest absolute Gasteiger partial charge is 0.220 e. The summed E-state index contributed by atoms with van der Waals surface area (Å²) in [4.78, 5) is 12.8. The summed E-state index contributed by atoms with van der Waals surface area (Å²) in [6.45, 7) is 2.75. The summed E-state index contributed by atoms with van der Waals surface area (Å²) in [6.07, 6.45) is 3.11. The van der Waals surface area contributed by atoms with Crippen molar-refractivity contribution in [2.75, 3.05) is 5.73 Å². The normalized spacial score (nSPS) is 15.9. The van der Waals surface area contributed by atoms with Crippen molar-refractivity contribution in [1.29, 1.82) is 0 Å². The predicted octanol–water partition coefficient (Wildman–Crippen LogP) is 4.30. The average molecular weight is 389 g/mol. The number of imidazole rings is 1. The van der Waals surface area contributed by atoms with Gasteiger partial charge in [0.05, 0.1) is 16.7 Å². The fourth-order valence-electron chi connectivity index (χ4n) is 3.97. The first-order valence-corrected chi connectivity index (χ1v) is 9.67. The number of para-hydroxylation sites is 1. The van der Waals surface area contributed by atoms with Crippen LogP contribution in [0.1, 0.15) is 30.8 Å². The van der Waals surface area contributed by atoms with Crippen molar-refractivity contribution in [2.24, 2.45) is 0 Å². The van der Waals surface area contributed by atoms with Crippen molar-refractivity contribution < 1.29 is 9.13 Å². The molecule has 1 unspecified atom stereocenters. The highest BCUT2D eigenvalue weighted by atomic mass is 19.1. The Balaban J connectivity index is 1.61. The van der Waals surface area contributed by atoms with E-state index in [1.54, 1.807) is 12.1 Å².